The van der Waals surface area contributed by atoms with Gasteiger partial charge in [-0.05, 0) is 12.1 Å². The lowest BCUT2D eigenvalue weighted by Crippen LogP contribution is -2.26. The summed E-state index contributed by atoms with van der Waals surface area (Å²) in [4.78, 5) is 22.3. The zero-order valence-electron chi connectivity index (χ0n) is 11.9. The molecule has 7 nitrogen and oxygen atoms in total. The third kappa shape index (κ3) is 4.76. The molecule has 1 amide bonds. The summed E-state index contributed by atoms with van der Waals surface area (Å²) in [7, 11) is 2.44. The summed E-state index contributed by atoms with van der Waals surface area (Å²) < 4.78 is 38.9. The predicted molar refractivity (Wildman–Crippen MR) is 70.8 cm³/mol. The van der Waals surface area contributed by atoms with Crippen molar-refractivity contribution in [1.29, 1.82) is 0 Å². The van der Waals surface area contributed by atoms with E-state index in [0.29, 0.717) is 0 Å². The lowest BCUT2D eigenvalue weighted by molar-refractivity contribution is -0.136. The lowest BCUT2D eigenvalue weighted by atomic mass is 10.1. The standard InChI is InChI=1S/C13H15F2NO6/c1-20-8-5-7(12(19)16-4-3-10(17)18)6-9(21-2)11(8)22-13(14)15/h5-6,13H,3-4H2,1-2H3,(H,16,19)(H,17,18). The van der Waals surface area contributed by atoms with E-state index in [2.05, 4.69) is 10.1 Å². The largest absolute Gasteiger partial charge is 0.493 e. The lowest BCUT2D eigenvalue weighted by Gasteiger charge is -2.15. The van der Waals surface area contributed by atoms with Crippen molar-refractivity contribution in [3.05, 3.63) is 17.7 Å². The molecule has 1 aromatic carbocycles. The summed E-state index contributed by atoms with van der Waals surface area (Å²) >= 11 is 0. The number of carbonyl (C=O) groups excluding carboxylic acids is 1. The summed E-state index contributed by atoms with van der Waals surface area (Å²) in [6.45, 7) is -3.16. The zero-order valence-corrected chi connectivity index (χ0v) is 11.9. The van der Waals surface area contributed by atoms with Crippen molar-refractivity contribution in [2.24, 2.45) is 0 Å². The van der Waals surface area contributed by atoms with Gasteiger partial charge in [-0.2, -0.15) is 8.78 Å². The van der Waals surface area contributed by atoms with E-state index in [1.165, 1.54) is 26.4 Å². The van der Waals surface area contributed by atoms with Crippen LogP contribution in [0.3, 0.4) is 0 Å². The van der Waals surface area contributed by atoms with E-state index in [1.54, 1.807) is 0 Å². The number of halogens is 2. The van der Waals surface area contributed by atoms with Gasteiger partial charge < -0.3 is 24.6 Å². The van der Waals surface area contributed by atoms with Crippen LogP contribution in [0, 0.1) is 0 Å². The average molecular weight is 319 g/mol. The molecule has 0 spiro atoms. The van der Waals surface area contributed by atoms with E-state index in [4.69, 9.17) is 14.6 Å². The Balaban J connectivity index is 3.01. The number of ether oxygens (including phenoxy) is 3. The highest BCUT2D eigenvalue weighted by atomic mass is 19.3. The molecule has 0 aromatic heterocycles. The van der Waals surface area contributed by atoms with E-state index < -0.39 is 18.5 Å². The first-order chi connectivity index (χ1) is 10.4. The molecule has 0 bridgehead atoms. The summed E-state index contributed by atoms with van der Waals surface area (Å²) in [5.41, 5.74) is 0.0562. The Morgan fingerprint density at radius 2 is 1.77 bits per heavy atom. The van der Waals surface area contributed by atoms with Crippen LogP contribution >= 0.6 is 0 Å². The highest BCUT2D eigenvalue weighted by Crippen LogP contribution is 2.39. The highest BCUT2D eigenvalue weighted by molar-refractivity contribution is 5.95. The highest BCUT2D eigenvalue weighted by Gasteiger charge is 2.20. The van der Waals surface area contributed by atoms with Crippen molar-refractivity contribution < 1.29 is 37.7 Å². The van der Waals surface area contributed by atoms with E-state index in [0.717, 1.165) is 0 Å². The maximum atomic E-state index is 12.4. The molecular formula is C13H15F2NO6. The molecule has 0 saturated heterocycles. The van der Waals surface area contributed by atoms with E-state index in [9.17, 15) is 18.4 Å². The Labute approximate surface area is 124 Å². The fraction of sp³-hybridized carbons (Fsp3) is 0.385. The molecule has 1 aromatic rings. The van der Waals surface area contributed by atoms with Crippen molar-refractivity contribution >= 4 is 11.9 Å². The Hall–Kier alpha value is -2.58. The molecule has 2 N–H and O–H groups in total. The first-order valence-electron chi connectivity index (χ1n) is 6.09. The summed E-state index contributed by atoms with van der Waals surface area (Å²) in [5.74, 6) is -2.20. The number of methoxy groups -OCH3 is 2. The molecule has 0 aliphatic heterocycles. The normalized spacial score (nSPS) is 10.2. The van der Waals surface area contributed by atoms with Gasteiger partial charge in [-0.15, -0.1) is 0 Å². The van der Waals surface area contributed by atoms with Crippen LogP contribution in [-0.2, 0) is 4.79 Å². The molecule has 122 valence electrons. The molecule has 0 heterocycles. The first-order valence-corrected chi connectivity index (χ1v) is 6.09. The van der Waals surface area contributed by atoms with Gasteiger partial charge in [0.15, 0.2) is 11.5 Å². The van der Waals surface area contributed by atoms with Gasteiger partial charge in [0, 0.05) is 12.1 Å². The van der Waals surface area contributed by atoms with Crippen molar-refractivity contribution in [3.63, 3.8) is 0 Å². The minimum Gasteiger partial charge on any atom is -0.493 e. The monoisotopic (exact) mass is 319 g/mol. The minimum absolute atomic E-state index is 0.0562. The molecule has 0 aliphatic rings. The van der Waals surface area contributed by atoms with Crippen molar-refractivity contribution in [2.45, 2.75) is 13.0 Å². The molecule has 0 saturated carbocycles. The summed E-state index contributed by atoms with van der Waals surface area (Å²) in [6.07, 6.45) is -0.243. The zero-order chi connectivity index (χ0) is 16.7. The number of hydrogen-bond acceptors (Lipinski definition) is 5. The molecule has 22 heavy (non-hydrogen) atoms. The van der Waals surface area contributed by atoms with Crippen LogP contribution < -0.4 is 19.5 Å². The second-order valence-corrected chi connectivity index (χ2v) is 3.99. The van der Waals surface area contributed by atoms with E-state index in [1.807, 2.05) is 0 Å². The molecular weight excluding hydrogens is 304 g/mol. The third-order valence-electron chi connectivity index (χ3n) is 2.55. The van der Waals surface area contributed by atoms with Crippen LogP contribution in [0.4, 0.5) is 8.78 Å². The smallest absolute Gasteiger partial charge is 0.387 e. The second-order valence-electron chi connectivity index (χ2n) is 3.99. The topological polar surface area (TPSA) is 94.1 Å². The van der Waals surface area contributed by atoms with Crippen molar-refractivity contribution in [2.75, 3.05) is 20.8 Å². The Morgan fingerprint density at radius 3 is 2.18 bits per heavy atom. The van der Waals surface area contributed by atoms with E-state index >= 15 is 0 Å². The van der Waals surface area contributed by atoms with Gasteiger partial charge in [0.2, 0.25) is 5.75 Å². The van der Waals surface area contributed by atoms with Crippen LogP contribution in [0.5, 0.6) is 17.2 Å². The number of hydrogen-bond donors (Lipinski definition) is 2. The molecule has 1 rings (SSSR count). The van der Waals surface area contributed by atoms with Crippen LogP contribution in [0.25, 0.3) is 0 Å². The number of rotatable bonds is 8. The quantitative estimate of drug-likeness (QED) is 0.754. The van der Waals surface area contributed by atoms with Gasteiger partial charge in [0.25, 0.3) is 5.91 Å². The predicted octanol–water partition coefficient (Wildman–Crippen LogP) is 1.51. The summed E-state index contributed by atoms with van der Waals surface area (Å²) in [6, 6.07) is 2.38. The number of carbonyl (C=O) groups is 2. The summed E-state index contributed by atoms with van der Waals surface area (Å²) in [5, 5.41) is 10.9. The van der Waals surface area contributed by atoms with Gasteiger partial charge in [-0.1, -0.05) is 0 Å². The van der Waals surface area contributed by atoms with Gasteiger partial charge in [-0.25, -0.2) is 0 Å². The van der Waals surface area contributed by atoms with Gasteiger partial charge >= 0.3 is 12.6 Å². The van der Waals surface area contributed by atoms with Crippen LogP contribution in [0.2, 0.25) is 0 Å². The maximum absolute atomic E-state index is 12.4. The number of amides is 1. The van der Waals surface area contributed by atoms with Crippen molar-refractivity contribution in [3.8, 4) is 17.2 Å². The molecule has 0 fully saturated rings. The van der Waals surface area contributed by atoms with Gasteiger partial charge in [0.1, 0.15) is 0 Å². The minimum atomic E-state index is -3.09. The van der Waals surface area contributed by atoms with E-state index in [-0.39, 0.29) is 35.8 Å². The number of carboxylic acid groups (broad SMARTS) is 1. The number of benzene rings is 1. The Morgan fingerprint density at radius 1 is 1.23 bits per heavy atom. The molecule has 0 unspecified atom stereocenters. The fourth-order valence-electron chi connectivity index (χ4n) is 1.60. The maximum Gasteiger partial charge on any atom is 0.387 e. The third-order valence-corrected chi connectivity index (χ3v) is 2.55. The molecule has 0 atom stereocenters. The SMILES string of the molecule is COc1cc(C(=O)NCCC(=O)O)cc(OC)c1OC(F)F. The average Bonchev–Trinajstić information content (AvgIpc) is 2.46. The van der Waals surface area contributed by atoms with Crippen LogP contribution in [0.15, 0.2) is 12.1 Å². The number of nitrogens with one attached hydrogen (secondary N) is 1. The second kappa shape index (κ2) is 8.01. The number of aliphatic carboxylic acids is 1. The Bertz CT molecular complexity index is 524. The molecule has 0 aliphatic carbocycles. The van der Waals surface area contributed by atoms with Gasteiger partial charge in [0.05, 0.1) is 20.6 Å². The van der Waals surface area contributed by atoms with Crippen LogP contribution in [0.1, 0.15) is 16.8 Å². The fourth-order valence-corrected chi connectivity index (χ4v) is 1.60. The van der Waals surface area contributed by atoms with Crippen molar-refractivity contribution in [1.82, 2.24) is 5.32 Å². The van der Waals surface area contributed by atoms with Gasteiger partial charge in [-0.3, -0.25) is 9.59 Å². The first kappa shape index (κ1) is 17.5. The number of carboxylic acids is 1. The molecule has 0 radical (unpaired) electrons. The Kier molecular flexibility index (Phi) is 6.36. The molecule has 9 heteroatoms. The van der Waals surface area contributed by atoms with Crippen LogP contribution in [-0.4, -0.2) is 44.4 Å². The number of alkyl halides is 2.